The molecule has 0 aliphatic carbocycles. The van der Waals surface area contributed by atoms with Crippen LogP contribution in [0.3, 0.4) is 0 Å². The standard InChI is InChI=1S/C23H29N3O6S/c1-6-31-22(28)17-12-13-25(33(29,30)18-10-8-16(5)9-11-18)20-19(14-17)21(27)26(15(3)4)23(24-20)32-7-2/h8-11,14-15H,6-7,12-13H2,1-5H3. The van der Waals surface area contributed by atoms with Gasteiger partial charge < -0.3 is 9.47 Å². The minimum atomic E-state index is -4.08. The Kier molecular flexibility index (Phi) is 7.26. The molecule has 0 spiro atoms. The van der Waals surface area contributed by atoms with E-state index in [-0.39, 0.29) is 60.1 Å². The fourth-order valence-electron chi connectivity index (χ4n) is 3.55. The Morgan fingerprint density at radius 2 is 1.82 bits per heavy atom. The van der Waals surface area contributed by atoms with Crippen LogP contribution in [-0.4, -0.2) is 43.7 Å². The summed E-state index contributed by atoms with van der Waals surface area (Å²) in [5, 5.41) is 0. The van der Waals surface area contributed by atoms with Crippen molar-refractivity contribution in [2.75, 3.05) is 24.1 Å². The SMILES string of the molecule is CCOC(=O)C1=Cc2c(nc(OCC)n(C(C)C)c2=O)N(S(=O)(=O)c2ccc(C)cc2)CC1. The maximum absolute atomic E-state index is 13.6. The summed E-state index contributed by atoms with van der Waals surface area (Å²) in [5.74, 6) is -0.664. The molecule has 1 aromatic heterocycles. The van der Waals surface area contributed by atoms with Gasteiger partial charge in [-0.15, -0.1) is 0 Å². The van der Waals surface area contributed by atoms with Crippen molar-refractivity contribution in [1.82, 2.24) is 9.55 Å². The molecule has 0 N–H and O–H groups in total. The summed E-state index contributed by atoms with van der Waals surface area (Å²) >= 11 is 0. The van der Waals surface area contributed by atoms with Gasteiger partial charge in [-0.1, -0.05) is 17.7 Å². The summed E-state index contributed by atoms with van der Waals surface area (Å²) in [7, 11) is -4.08. The molecule has 2 aromatic rings. The average Bonchev–Trinajstić information content (AvgIpc) is 2.95. The van der Waals surface area contributed by atoms with Crippen molar-refractivity contribution in [1.29, 1.82) is 0 Å². The predicted molar refractivity (Wildman–Crippen MR) is 125 cm³/mol. The Bertz CT molecular complexity index is 1230. The van der Waals surface area contributed by atoms with E-state index in [1.54, 1.807) is 39.8 Å². The number of rotatable bonds is 7. The van der Waals surface area contributed by atoms with Crippen LogP contribution in [0, 0.1) is 6.92 Å². The first-order valence-electron chi connectivity index (χ1n) is 10.9. The first-order valence-corrected chi connectivity index (χ1v) is 12.3. The molecule has 0 atom stereocenters. The molecule has 3 rings (SSSR count). The Balaban J connectivity index is 2.29. The van der Waals surface area contributed by atoms with Crippen LogP contribution < -0.4 is 14.6 Å². The van der Waals surface area contributed by atoms with Crippen LogP contribution in [-0.2, 0) is 19.6 Å². The summed E-state index contributed by atoms with van der Waals surface area (Å²) in [4.78, 5) is 30.5. The van der Waals surface area contributed by atoms with E-state index in [4.69, 9.17) is 9.47 Å². The van der Waals surface area contributed by atoms with Crippen molar-refractivity contribution >= 4 is 27.9 Å². The third kappa shape index (κ3) is 4.80. The number of aryl methyl sites for hydroxylation is 1. The molecule has 0 unspecified atom stereocenters. The number of carbonyl (C=O) groups excluding carboxylic acids is 1. The summed E-state index contributed by atoms with van der Waals surface area (Å²) < 4.78 is 40.4. The molecule has 33 heavy (non-hydrogen) atoms. The van der Waals surface area contributed by atoms with Gasteiger partial charge in [0.05, 0.1) is 23.7 Å². The highest BCUT2D eigenvalue weighted by Gasteiger charge is 2.34. The minimum absolute atomic E-state index is 0.00314. The molecule has 0 fully saturated rings. The van der Waals surface area contributed by atoms with Crippen LogP contribution in [0.25, 0.3) is 6.08 Å². The van der Waals surface area contributed by atoms with Crippen molar-refractivity contribution in [3.8, 4) is 6.01 Å². The van der Waals surface area contributed by atoms with E-state index in [9.17, 15) is 18.0 Å². The van der Waals surface area contributed by atoms with E-state index in [0.717, 1.165) is 9.87 Å². The summed E-state index contributed by atoms with van der Waals surface area (Å²) in [5.41, 5.74) is 0.626. The minimum Gasteiger partial charge on any atom is -0.465 e. The quantitative estimate of drug-likeness (QED) is 0.566. The van der Waals surface area contributed by atoms with Crippen LogP contribution in [0.2, 0.25) is 0 Å². The van der Waals surface area contributed by atoms with Crippen molar-refractivity contribution in [2.45, 2.75) is 52.0 Å². The van der Waals surface area contributed by atoms with E-state index >= 15 is 0 Å². The van der Waals surface area contributed by atoms with Gasteiger partial charge in [-0.2, -0.15) is 4.98 Å². The highest BCUT2D eigenvalue weighted by molar-refractivity contribution is 7.92. The fourth-order valence-corrected chi connectivity index (χ4v) is 4.98. The number of sulfonamides is 1. The van der Waals surface area contributed by atoms with E-state index in [2.05, 4.69) is 4.98 Å². The monoisotopic (exact) mass is 475 g/mol. The highest BCUT2D eigenvalue weighted by Crippen LogP contribution is 2.32. The summed E-state index contributed by atoms with van der Waals surface area (Å²) in [6, 6.07) is 6.13. The largest absolute Gasteiger partial charge is 0.465 e. The fraction of sp³-hybridized carbons (Fsp3) is 0.435. The number of aromatic nitrogens is 2. The van der Waals surface area contributed by atoms with Gasteiger partial charge in [0, 0.05) is 18.2 Å². The van der Waals surface area contributed by atoms with Crippen LogP contribution in [0.1, 0.15) is 51.3 Å². The molecule has 178 valence electrons. The molecule has 1 aliphatic heterocycles. The van der Waals surface area contributed by atoms with Crippen molar-refractivity contribution < 1.29 is 22.7 Å². The maximum Gasteiger partial charge on any atom is 0.334 e. The normalized spacial score (nSPS) is 13.9. The molecule has 10 heteroatoms. The van der Waals surface area contributed by atoms with Gasteiger partial charge in [0.1, 0.15) is 0 Å². The number of ether oxygens (including phenoxy) is 2. The third-order valence-electron chi connectivity index (χ3n) is 5.17. The number of hydrogen-bond donors (Lipinski definition) is 0. The molecule has 0 saturated carbocycles. The van der Waals surface area contributed by atoms with Crippen molar-refractivity contribution in [3.05, 3.63) is 51.3 Å². The zero-order chi connectivity index (χ0) is 24.3. The zero-order valence-corrected chi connectivity index (χ0v) is 20.3. The van der Waals surface area contributed by atoms with Crippen LogP contribution >= 0.6 is 0 Å². The molecule has 2 heterocycles. The number of hydrogen-bond acceptors (Lipinski definition) is 7. The van der Waals surface area contributed by atoms with E-state index in [0.29, 0.717) is 0 Å². The lowest BCUT2D eigenvalue weighted by molar-refractivity contribution is -0.138. The number of nitrogens with zero attached hydrogens (tertiary/aromatic N) is 3. The van der Waals surface area contributed by atoms with E-state index in [1.807, 2.05) is 6.92 Å². The van der Waals surface area contributed by atoms with Gasteiger partial charge in [0.25, 0.3) is 15.6 Å². The first kappa shape index (κ1) is 24.5. The maximum atomic E-state index is 13.6. The lowest BCUT2D eigenvalue weighted by atomic mass is 10.1. The number of anilines is 1. The molecule has 1 aromatic carbocycles. The van der Waals surface area contributed by atoms with Gasteiger partial charge in [0.15, 0.2) is 5.82 Å². The summed E-state index contributed by atoms with van der Waals surface area (Å²) in [6.45, 7) is 9.20. The average molecular weight is 476 g/mol. The molecule has 0 saturated heterocycles. The Labute approximate surface area is 193 Å². The van der Waals surface area contributed by atoms with E-state index < -0.39 is 21.6 Å². The molecule has 0 bridgehead atoms. The number of carbonyl (C=O) groups is 1. The smallest absolute Gasteiger partial charge is 0.334 e. The van der Waals surface area contributed by atoms with Crippen LogP contribution in [0.4, 0.5) is 5.82 Å². The lowest BCUT2D eigenvalue weighted by Gasteiger charge is -2.25. The van der Waals surface area contributed by atoms with Gasteiger partial charge >= 0.3 is 12.0 Å². The second kappa shape index (κ2) is 9.78. The molecule has 1 aliphatic rings. The third-order valence-corrected chi connectivity index (χ3v) is 6.98. The van der Waals surface area contributed by atoms with Gasteiger partial charge in [-0.25, -0.2) is 17.5 Å². The lowest BCUT2D eigenvalue weighted by Crippen LogP contribution is -2.36. The number of esters is 1. The van der Waals surface area contributed by atoms with Crippen LogP contribution in [0.15, 0.2) is 39.5 Å². The Morgan fingerprint density at radius 1 is 1.15 bits per heavy atom. The number of benzene rings is 1. The predicted octanol–water partition coefficient (Wildman–Crippen LogP) is 3.08. The van der Waals surface area contributed by atoms with Gasteiger partial charge in [0.2, 0.25) is 0 Å². The van der Waals surface area contributed by atoms with Crippen molar-refractivity contribution in [3.63, 3.8) is 0 Å². The second-order valence-electron chi connectivity index (χ2n) is 7.86. The molecule has 0 amide bonds. The van der Waals surface area contributed by atoms with Crippen LogP contribution in [0.5, 0.6) is 6.01 Å². The van der Waals surface area contributed by atoms with Gasteiger partial charge in [-0.05, 0) is 59.2 Å². The Morgan fingerprint density at radius 3 is 2.39 bits per heavy atom. The molecule has 0 radical (unpaired) electrons. The molecular formula is C23H29N3O6S. The topological polar surface area (TPSA) is 108 Å². The zero-order valence-electron chi connectivity index (χ0n) is 19.5. The van der Waals surface area contributed by atoms with Gasteiger partial charge in [-0.3, -0.25) is 9.36 Å². The molecule has 9 nitrogen and oxygen atoms in total. The van der Waals surface area contributed by atoms with Crippen molar-refractivity contribution in [2.24, 2.45) is 0 Å². The number of fused-ring (bicyclic) bond motifs is 1. The Hall–Kier alpha value is -3.14. The van der Waals surface area contributed by atoms with E-state index in [1.165, 1.54) is 22.8 Å². The first-order chi connectivity index (χ1) is 15.6. The second-order valence-corrected chi connectivity index (χ2v) is 9.73. The highest BCUT2D eigenvalue weighted by atomic mass is 32.2. The molecular weight excluding hydrogens is 446 g/mol. The summed E-state index contributed by atoms with van der Waals surface area (Å²) in [6.07, 6.45) is 1.45.